The fourth-order valence-electron chi connectivity index (χ4n) is 3.34. The molecule has 0 spiro atoms. The Kier molecular flexibility index (Phi) is 3.52. The van der Waals surface area contributed by atoms with Crippen LogP contribution < -0.4 is 5.56 Å². The number of hydrogen-bond acceptors (Lipinski definition) is 5. The molecule has 0 fully saturated rings. The molecule has 0 aromatic carbocycles. The van der Waals surface area contributed by atoms with Crippen LogP contribution in [0.3, 0.4) is 0 Å². The van der Waals surface area contributed by atoms with Gasteiger partial charge in [-0.25, -0.2) is 9.97 Å². The summed E-state index contributed by atoms with van der Waals surface area (Å²) >= 11 is 1.69. The van der Waals surface area contributed by atoms with Gasteiger partial charge in [0, 0.05) is 4.88 Å². The molecule has 0 N–H and O–H groups in total. The molecule has 0 aliphatic heterocycles. The summed E-state index contributed by atoms with van der Waals surface area (Å²) in [7, 11) is 0. The number of rotatable bonds is 3. The molecule has 3 aromatic heterocycles. The molecule has 6 nitrogen and oxygen atoms in total. The first kappa shape index (κ1) is 14.6. The molecule has 0 amide bonds. The zero-order valence-electron chi connectivity index (χ0n) is 13.3. The van der Waals surface area contributed by atoms with Crippen LogP contribution in [0.15, 0.2) is 23.8 Å². The average molecular weight is 329 g/mol. The van der Waals surface area contributed by atoms with Crippen LogP contribution in [0.5, 0.6) is 0 Å². The molecule has 3 heterocycles. The van der Waals surface area contributed by atoms with Crippen molar-refractivity contribution in [2.24, 2.45) is 5.92 Å². The minimum atomic E-state index is -0.0147. The van der Waals surface area contributed by atoms with Crippen LogP contribution in [0.25, 0.3) is 10.2 Å². The summed E-state index contributed by atoms with van der Waals surface area (Å²) in [6.45, 7) is 4.90. The average Bonchev–Trinajstić information content (AvgIpc) is 3.14. The predicted molar refractivity (Wildman–Crippen MR) is 89.8 cm³/mol. The van der Waals surface area contributed by atoms with Crippen molar-refractivity contribution < 1.29 is 0 Å². The van der Waals surface area contributed by atoms with Crippen molar-refractivity contribution in [2.45, 2.75) is 45.7 Å². The normalized spacial score (nSPS) is 19.0. The van der Waals surface area contributed by atoms with Gasteiger partial charge in [-0.3, -0.25) is 14.0 Å². The first-order chi connectivity index (χ1) is 11.1. The van der Waals surface area contributed by atoms with Crippen LogP contribution in [-0.2, 0) is 19.4 Å². The Morgan fingerprint density at radius 2 is 2.30 bits per heavy atom. The van der Waals surface area contributed by atoms with E-state index in [1.807, 2.05) is 6.92 Å². The molecule has 0 saturated carbocycles. The van der Waals surface area contributed by atoms with Crippen LogP contribution in [0, 0.1) is 5.92 Å². The third-order valence-corrected chi connectivity index (χ3v) is 5.80. The minimum Gasteiger partial charge on any atom is -0.294 e. The van der Waals surface area contributed by atoms with Gasteiger partial charge in [-0.15, -0.1) is 11.3 Å². The smallest absolute Gasteiger partial charge is 0.262 e. The Balaban J connectivity index is 1.77. The number of nitrogens with zero attached hydrogens (tertiary/aromatic N) is 5. The van der Waals surface area contributed by atoms with Crippen LogP contribution in [0.2, 0.25) is 0 Å². The Hall–Kier alpha value is -2.02. The maximum absolute atomic E-state index is 13.0. The standard InChI is InChI=1S/C16H19N5OS/c1-10-3-4-12-13(5-10)23-15-14(12)16(22)21(9-18-15)11(2)6-20-8-17-7-19-20/h7-11H,3-6H2,1-2H3. The van der Waals surface area contributed by atoms with Gasteiger partial charge < -0.3 is 0 Å². The first-order valence-electron chi connectivity index (χ1n) is 7.97. The van der Waals surface area contributed by atoms with E-state index in [0.29, 0.717) is 12.5 Å². The van der Waals surface area contributed by atoms with Gasteiger partial charge in [-0.05, 0) is 37.7 Å². The molecule has 0 bridgehead atoms. The second-order valence-electron chi connectivity index (χ2n) is 6.46. The molecule has 23 heavy (non-hydrogen) atoms. The van der Waals surface area contributed by atoms with Crippen LogP contribution >= 0.6 is 11.3 Å². The highest BCUT2D eigenvalue weighted by molar-refractivity contribution is 7.18. The quantitative estimate of drug-likeness (QED) is 0.740. The van der Waals surface area contributed by atoms with Gasteiger partial charge in [0.05, 0.1) is 24.3 Å². The van der Waals surface area contributed by atoms with Gasteiger partial charge in [0.1, 0.15) is 17.5 Å². The molecule has 0 saturated heterocycles. The van der Waals surface area contributed by atoms with Gasteiger partial charge in [0.15, 0.2) is 0 Å². The second kappa shape index (κ2) is 5.56. The number of fused-ring (bicyclic) bond motifs is 3. The molecule has 7 heteroatoms. The van der Waals surface area contributed by atoms with Crippen molar-refractivity contribution in [1.82, 2.24) is 24.3 Å². The highest BCUT2D eigenvalue weighted by atomic mass is 32.1. The van der Waals surface area contributed by atoms with E-state index in [1.54, 1.807) is 33.2 Å². The zero-order chi connectivity index (χ0) is 16.0. The number of aryl methyl sites for hydroxylation is 1. The fourth-order valence-corrected chi connectivity index (χ4v) is 4.68. The Morgan fingerprint density at radius 1 is 1.43 bits per heavy atom. The SMILES string of the molecule is CC1CCc2c(sc3ncn(C(C)Cn4cncn4)c(=O)c23)C1. The highest BCUT2D eigenvalue weighted by Gasteiger charge is 2.23. The van der Waals surface area contributed by atoms with Crippen LogP contribution in [0.1, 0.15) is 36.8 Å². The summed E-state index contributed by atoms with van der Waals surface area (Å²) < 4.78 is 3.47. The third-order valence-electron chi connectivity index (χ3n) is 4.63. The van der Waals surface area contributed by atoms with E-state index in [4.69, 9.17) is 0 Å². The summed E-state index contributed by atoms with van der Waals surface area (Å²) in [6, 6.07) is -0.0147. The lowest BCUT2D eigenvalue weighted by molar-refractivity contribution is 0.425. The Morgan fingerprint density at radius 3 is 3.09 bits per heavy atom. The van der Waals surface area contributed by atoms with Gasteiger partial charge in [-0.2, -0.15) is 5.10 Å². The Bertz CT molecular complexity index is 895. The lowest BCUT2D eigenvalue weighted by Gasteiger charge is -2.18. The summed E-state index contributed by atoms with van der Waals surface area (Å²) in [4.78, 5) is 23.7. The van der Waals surface area contributed by atoms with Gasteiger partial charge in [0.2, 0.25) is 0 Å². The second-order valence-corrected chi connectivity index (χ2v) is 7.54. The number of hydrogen-bond donors (Lipinski definition) is 0. The van der Waals surface area contributed by atoms with E-state index >= 15 is 0 Å². The summed E-state index contributed by atoms with van der Waals surface area (Å²) in [5.74, 6) is 0.698. The molecular weight excluding hydrogens is 310 g/mol. The molecule has 3 aromatic rings. The van der Waals surface area contributed by atoms with Gasteiger partial charge in [-0.1, -0.05) is 6.92 Å². The van der Waals surface area contributed by atoms with E-state index in [0.717, 1.165) is 29.5 Å². The van der Waals surface area contributed by atoms with Crippen molar-refractivity contribution >= 4 is 21.6 Å². The molecule has 120 valence electrons. The van der Waals surface area contributed by atoms with Crippen molar-refractivity contribution in [3.63, 3.8) is 0 Å². The van der Waals surface area contributed by atoms with Crippen LogP contribution in [-0.4, -0.2) is 24.3 Å². The zero-order valence-corrected chi connectivity index (χ0v) is 14.1. The van der Waals surface area contributed by atoms with Gasteiger partial charge >= 0.3 is 0 Å². The molecule has 1 aliphatic rings. The van der Waals surface area contributed by atoms with E-state index in [2.05, 4.69) is 22.0 Å². The monoisotopic (exact) mass is 329 g/mol. The highest BCUT2D eigenvalue weighted by Crippen LogP contribution is 2.35. The molecule has 2 unspecified atom stereocenters. The number of aromatic nitrogens is 5. The molecular formula is C16H19N5OS. The molecule has 1 aliphatic carbocycles. The van der Waals surface area contributed by atoms with Crippen molar-refractivity contribution in [1.29, 1.82) is 0 Å². The summed E-state index contributed by atoms with van der Waals surface area (Å²) in [5.41, 5.74) is 1.32. The topological polar surface area (TPSA) is 65.6 Å². The molecule has 4 rings (SSSR count). The van der Waals surface area contributed by atoms with Crippen molar-refractivity contribution in [3.05, 3.63) is 39.8 Å². The third kappa shape index (κ3) is 2.49. The van der Waals surface area contributed by atoms with E-state index < -0.39 is 0 Å². The first-order valence-corrected chi connectivity index (χ1v) is 8.79. The van der Waals surface area contributed by atoms with E-state index in [9.17, 15) is 4.79 Å². The van der Waals surface area contributed by atoms with Gasteiger partial charge in [0.25, 0.3) is 5.56 Å². The maximum Gasteiger partial charge on any atom is 0.262 e. The lowest BCUT2D eigenvalue weighted by atomic mass is 9.89. The molecule has 2 atom stereocenters. The summed E-state index contributed by atoms with van der Waals surface area (Å²) in [5, 5.41) is 4.95. The fraction of sp³-hybridized carbons (Fsp3) is 0.500. The van der Waals surface area contributed by atoms with E-state index in [1.165, 1.54) is 16.8 Å². The Labute approximate surface area is 137 Å². The van der Waals surface area contributed by atoms with Crippen molar-refractivity contribution in [3.8, 4) is 0 Å². The number of thiophene rings is 1. The summed E-state index contributed by atoms with van der Waals surface area (Å²) in [6.07, 6.45) is 8.08. The van der Waals surface area contributed by atoms with Crippen LogP contribution in [0.4, 0.5) is 0 Å². The van der Waals surface area contributed by atoms with Crippen molar-refractivity contribution in [2.75, 3.05) is 0 Å². The predicted octanol–water partition coefficient (Wildman–Crippen LogP) is 2.44. The lowest BCUT2D eigenvalue weighted by Crippen LogP contribution is -2.27. The van der Waals surface area contributed by atoms with E-state index in [-0.39, 0.29) is 11.6 Å². The largest absolute Gasteiger partial charge is 0.294 e. The maximum atomic E-state index is 13.0. The molecule has 0 radical (unpaired) electrons. The minimum absolute atomic E-state index is 0.0147.